The summed E-state index contributed by atoms with van der Waals surface area (Å²) >= 11 is 0. The van der Waals surface area contributed by atoms with E-state index in [1.807, 2.05) is 0 Å². The van der Waals surface area contributed by atoms with Crippen LogP contribution in [0.4, 0.5) is 4.39 Å². The second-order valence-electron chi connectivity index (χ2n) is 1.76. The molecule has 0 rings (SSSR count). The predicted octanol–water partition coefficient (Wildman–Crippen LogP) is 0.959. The molecule has 0 aromatic rings. The molecule has 0 saturated carbocycles. The summed E-state index contributed by atoms with van der Waals surface area (Å²) in [5.41, 5.74) is 0. The van der Waals surface area contributed by atoms with E-state index in [4.69, 9.17) is 5.11 Å². The Morgan fingerprint density at radius 2 is 2.30 bits per heavy atom. The van der Waals surface area contributed by atoms with E-state index in [-0.39, 0.29) is 0 Å². The monoisotopic (exact) mass is 148 g/mol. The highest BCUT2D eigenvalue weighted by Crippen LogP contribution is 2.00. The molecule has 4 heteroatoms. The Morgan fingerprint density at radius 3 is 2.60 bits per heavy atom. The molecule has 0 amide bonds. The molecule has 1 N–H and O–H groups in total. The van der Waals surface area contributed by atoms with Crippen molar-refractivity contribution in [2.45, 2.75) is 13.0 Å². The summed E-state index contributed by atoms with van der Waals surface area (Å²) in [5, 5.41) is 8.03. The Hall–Kier alpha value is -0.900. The summed E-state index contributed by atoms with van der Waals surface area (Å²) in [7, 11) is 1.37. The SMILES string of the molecule is COC(C)/C=C(/F)C(=O)O. The zero-order valence-electron chi connectivity index (χ0n) is 5.80. The van der Waals surface area contributed by atoms with E-state index in [9.17, 15) is 9.18 Å². The molecule has 1 unspecified atom stereocenters. The van der Waals surface area contributed by atoms with Crippen LogP contribution in [-0.4, -0.2) is 24.3 Å². The minimum atomic E-state index is -1.57. The van der Waals surface area contributed by atoms with Gasteiger partial charge in [-0.3, -0.25) is 0 Å². The maximum absolute atomic E-state index is 12.1. The molecule has 0 radical (unpaired) electrons. The molecule has 1 atom stereocenters. The van der Waals surface area contributed by atoms with E-state index < -0.39 is 17.9 Å². The van der Waals surface area contributed by atoms with Crippen molar-refractivity contribution in [1.82, 2.24) is 0 Å². The number of hydrogen-bond acceptors (Lipinski definition) is 2. The third-order valence-corrected chi connectivity index (χ3v) is 0.957. The lowest BCUT2D eigenvalue weighted by Gasteiger charge is -2.00. The molecule has 0 aliphatic rings. The molecular weight excluding hydrogens is 139 g/mol. The van der Waals surface area contributed by atoms with Crippen LogP contribution < -0.4 is 0 Å². The fraction of sp³-hybridized carbons (Fsp3) is 0.500. The van der Waals surface area contributed by atoms with Gasteiger partial charge in [-0.1, -0.05) is 0 Å². The summed E-state index contributed by atoms with van der Waals surface area (Å²) in [6, 6.07) is 0. The van der Waals surface area contributed by atoms with Gasteiger partial charge in [-0.2, -0.15) is 4.39 Å². The molecule has 0 aliphatic heterocycles. The van der Waals surface area contributed by atoms with Gasteiger partial charge in [-0.05, 0) is 13.0 Å². The standard InChI is InChI=1S/C6H9FO3/c1-4(10-2)3-5(7)6(8)9/h3-4H,1-2H3,(H,8,9)/b5-3+. The number of carbonyl (C=O) groups is 1. The molecule has 0 aromatic carbocycles. The van der Waals surface area contributed by atoms with Crippen LogP contribution in [0.3, 0.4) is 0 Å². The molecule has 58 valence electrons. The zero-order chi connectivity index (χ0) is 8.15. The smallest absolute Gasteiger partial charge is 0.364 e. The number of carboxylic acid groups (broad SMARTS) is 1. The number of rotatable bonds is 3. The average molecular weight is 148 g/mol. The number of ether oxygens (including phenoxy) is 1. The van der Waals surface area contributed by atoms with E-state index in [1.54, 1.807) is 6.92 Å². The Bertz CT molecular complexity index is 153. The summed E-state index contributed by atoms with van der Waals surface area (Å²) < 4.78 is 16.7. The number of halogens is 1. The van der Waals surface area contributed by atoms with E-state index in [1.165, 1.54) is 7.11 Å². The third-order valence-electron chi connectivity index (χ3n) is 0.957. The Labute approximate surface area is 58.1 Å². The highest BCUT2D eigenvalue weighted by Gasteiger charge is 2.06. The number of hydrogen-bond donors (Lipinski definition) is 1. The van der Waals surface area contributed by atoms with Gasteiger partial charge in [0.05, 0.1) is 6.10 Å². The second kappa shape index (κ2) is 4.00. The van der Waals surface area contributed by atoms with Crippen molar-refractivity contribution in [1.29, 1.82) is 0 Å². The highest BCUT2D eigenvalue weighted by atomic mass is 19.1. The molecule has 0 aliphatic carbocycles. The summed E-state index contributed by atoms with van der Waals surface area (Å²) in [6.07, 6.45) is 0.388. The van der Waals surface area contributed by atoms with Crippen LogP contribution >= 0.6 is 0 Å². The maximum Gasteiger partial charge on any atom is 0.364 e. The van der Waals surface area contributed by atoms with E-state index in [2.05, 4.69) is 4.74 Å². The van der Waals surface area contributed by atoms with E-state index in [0.29, 0.717) is 0 Å². The first-order valence-electron chi connectivity index (χ1n) is 2.71. The Kier molecular flexibility index (Phi) is 3.64. The summed E-state index contributed by atoms with van der Waals surface area (Å²) in [6.45, 7) is 1.54. The van der Waals surface area contributed by atoms with Crippen molar-refractivity contribution in [3.8, 4) is 0 Å². The van der Waals surface area contributed by atoms with Gasteiger partial charge in [0, 0.05) is 7.11 Å². The van der Waals surface area contributed by atoms with Crippen LogP contribution in [0, 0.1) is 0 Å². The van der Waals surface area contributed by atoms with Crippen LogP contribution in [0.1, 0.15) is 6.92 Å². The molecule has 0 spiro atoms. The molecule has 0 fully saturated rings. The van der Waals surface area contributed by atoms with Crippen molar-refractivity contribution >= 4 is 5.97 Å². The van der Waals surface area contributed by atoms with E-state index in [0.717, 1.165) is 6.08 Å². The van der Waals surface area contributed by atoms with Crippen molar-refractivity contribution in [2.24, 2.45) is 0 Å². The zero-order valence-corrected chi connectivity index (χ0v) is 5.80. The topological polar surface area (TPSA) is 46.5 Å². The van der Waals surface area contributed by atoms with Gasteiger partial charge in [0.2, 0.25) is 5.83 Å². The van der Waals surface area contributed by atoms with Crippen molar-refractivity contribution in [2.75, 3.05) is 7.11 Å². The summed E-state index contributed by atoms with van der Waals surface area (Å²) in [4.78, 5) is 9.85. The maximum atomic E-state index is 12.1. The number of methoxy groups -OCH3 is 1. The molecule has 3 nitrogen and oxygen atoms in total. The molecule has 0 heterocycles. The average Bonchev–Trinajstić information content (AvgIpc) is 1.87. The molecule has 10 heavy (non-hydrogen) atoms. The molecule has 0 aromatic heterocycles. The van der Waals surface area contributed by atoms with Crippen molar-refractivity contribution in [3.63, 3.8) is 0 Å². The van der Waals surface area contributed by atoms with Crippen molar-refractivity contribution in [3.05, 3.63) is 11.9 Å². The largest absolute Gasteiger partial charge is 0.476 e. The van der Waals surface area contributed by atoms with Gasteiger partial charge in [-0.25, -0.2) is 4.79 Å². The van der Waals surface area contributed by atoms with Gasteiger partial charge in [0.25, 0.3) is 0 Å². The Balaban J connectivity index is 4.02. The minimum Gasteiger partial charge on any atom is -0.476 e. The van der Waals surface area contributed by atoms with E-state index >= 15 is 0 Å². The Morgan fingerprint density at radius 1 is 1.80 bits per heavy atom. The van der Waals surface area contributed by atoms with Crippen LogP contribution in [0.5, 0.6) is 0 Å². The fourth-order valence-electron chi connectivity index (χ4n) is 0.345. The van der Waals surface area contributed by atoms with Gasteiger partial charge >= 0.3 is 5.97 Å². The normalized spacial score (nSPS) is 14.9. The lowest BCUT2D eigenvalue weighted by atomic mass is 10.3. The molecular formula is C6H9FO3. The van der Waals surface area contributed by atoms with Crippen LogP contribution in [0.15, 0.2) is 11.9 Å². The van der Waals surface area contributed by atoms with Crippen LogP contribution in [0.2, 0.25) is 0 Å². The molecule has 0 saturated heterocycles. The minimum absolute atomic E-state index is 0.504. The quantitative estimate of drug-likeness (QED) is 0.606. The first-order chi connectivity index (χ1) is 4.57. The fourth-order valence-corrected chi connectivity index (χ4v) is 0.345. The first kappa shape index (κ1) is 9.10. The van der Waals surface area contributed by atoms with Gasteiger partial charge < -0.3 is 9.84 Å². The first-order valence-corrected chi connectivity index (χ1v) is 2.71. The predicted molar refractivity (Wildman–Crippen MR) is 33.3 cm³/mol. The lowest BCUT2D eigenvalue weighted by Crippen LogP contribution is -2.04. The van der Waals surface area contributed by atoms with Crippen LogP contribution in [0.25, 0.3) is 0 Å². The third kappa shape index (κ3) is 3.19. The number of aliphatic carboxylic acids is 1. The molecule has 0 bridgehead atoms. The summed E-state index contributed by atoms with van der Waals surface area (Å²) in [5.74, 6) is -2.75. The van der Waals surface area contributed by atoms with Crippen molar-refractivity contribution < 1.29 is 19.0 Å². The number of carboxylic acids is 1. The lowest BCUT2D eigenvalue weighted by molar-refractivity contribution is -0.134. The van der Waals surface area contributed by atoms with Gasteiger partial charge in [0.15, 0.2) is 0 Å². The highest BCUT2D eigenvalue weighted by molar-refractivity contribution is 5.83. The second-order valence-corrected chi connectivity index (χ2v) is 1.76. The van der Waals surface area contributed by atoms with Gasteiger partial charge in [-0.15, -0.1) is 0 Å². The van der Waals surface area contributed by atoms with Crippen LogP contribution in [-0.2, 0) is 9.53 Å². The van der Waals surface area contributed by atoms with Gasteiger partial charge in [0.1, 0.15) is 0 Å².